The molecule has 4 N–H and O–H groups in total. The topological polar surface area (TPSA) is 101 Å². The normalized spacial score (nSPS) is 12.5. The number of nitrogens with one attached hydrogen (secondary N) is 2. The van der Waals surface area contributed by atoms with Crippen LogP contribution in [0.25, 0.3) is 0 Å². The number of hydrogen-bond donors (Lipinski definition) is 3. The van der Waals surface area contributed by atoms with Gasteiger partial charge >= 0.3 is 18.4 Å². The van der Waals surface area contributed by atoms with Crippen LogP contribution < -0.4 is 15.8 Å². The molecule has 2 amide bonds. The van der Waals surface area contributed by atoms with E-state index in [4.69, 9.17) is 5.14 Å². The molecule has 2 aromatic rings. The molecule has 0 heterocycles. The minimum Gasteiger partial charge on any atom is -0.308 e. The Bertz CT molecular complexity index is 986. The Morgan fingerprint density at radius 1 is 0.857 bits per heavy atom. The third-order valence-corrected chi connectivity index (χ3v) is 4.27. The predicted molar refractivity (Wildman–Crippen MR) is 86.9 cm³/mol. The molecule has 0 aliphatic carbocycles. The molecule has 13 heteroatoms. The van der Waals surface area contributed by atoms with E-state index in [2.05, 4.69) is 5.32 Å². The maximum absolute atomic E-state index is 13.0. The number of nitrogens with two attached hydrogens (primary N) is 1. The van der Waals surface area contributed by atoms with Crippen LogP contribution in [0.5, 0.6) is 0 Å². The Hall–Kier alpha value is -2.80. The number of anilines is 2. The lowest BCUT2D eigenvalue weighted by Crippen LogP contribution is -2.22. The Morgan fingerprint density at radius 2 is 1.43 bits per heavy atom. The Morgan fingerprint density at radius 3 is 1.89 bits per heavy atom. The van der Waals surface area contributed by atoms with Gasteiger partial charge in [0.25, 0.3) is 0 Å². The zero-order valence-corrected chi connectivity index (χ0v) is 14.3. The van der Waals surface area contributed by atoms with Gasteiger partial charge in [0.05, 0.1) is 21.7 Å². The highest BCUT2D eigenvalue weighted by atomic mass is 32.2. The number of primary sulfonamides is 1. The molecule has 28 heavy (non-hydrogen) atoms. The minimum atomic E-state index is -5.15. The summed E-state index contributed by atoms with van der Waals surface area (Å²) in [5.41, 5.74) is -4.09. The van der Waals surface area contributed by atoms with Gasteiger partial charge in [-0.1, -0.05) is 0 Å². The number of sulfonamides is 1. The number of carbonyl (C=O) groups excluding carboxylic acids is 1. The molecule has 0 atom stereocenters. The highest BCUT2D eigenvalue weighted by molar-refractivity contribution is 7.89. The summed E-state index contributed by atoms with van der Waals surface area (Å²) < 4.78 is 99.3. The number of alkyl halides is 6. The largest absolute Gasteiger partial charge is 0.418 e. The van der Waals surface area contributed by atoms with Crippen molar-refractivity contribution in [2.24, 2.45) is 5.14 Å². The molecular formula is C15H11F6N3O3S. The van der Waals surface area contributed by atoms with Gasteiger partial charge in [-0.05, 0) is 42.5 Å². The van der Waals surface area contributed by atoms with Crippen LogP contribution in [0.15, 0.2) is 47.4 Å². The molecule has 2 rings (SSSR count). The molecular weight excluding hydrogens is 416 g/mol. The van der Waals surface area contributed by atoms with Crippen molar-refractivity contribution >= 4 is 27.4 Å². The van der Waals surface area contributed by atoms with Crippen molar-refractivity contribution in [2.75, 3.05) is 10.6 Å². The molecule has 0 aliphatic rings. The van der Waals surface area contributed by atoms with Gasteiger partial charge in [-0.15, -0.1) is 0 Å². The van der Waals surface area contributed by atoms with Crippen LogP contribution >= 0.6 is 0 Å². The number of hydrogen-bond acceptors (Lipinski definition) is 3. The first kappa shape index (κ1) is 21.5. The highest BCUT2D eigenvalue weighted by Crippen LogP contribution is 2.39. The van der Waals surface area contributed by atoms with Crippen LogP contribution in [0.2, 0.25) is 0 Å². The maximum atomic E-state index is 13.0. The molecule has 2 aromatic carbocycles. The summed E-state index contributed by atoms with van der Waals surface area (Å²) in [6.07, 6.45) is -10.1. The molecule has 0 radical (unpaired) electrons. The summed E-state index contributed by atoms with van der Waals surface area (Å²) >= 11 is 0. The average molecular weight is 427 g/mol. The lowest BCUT2D eigenvalue weighted by Gasteiger charge is -2.16. The molecule has 0 bridgehead atoms. The molecule has 0 spiro atoms. The minimum absolute atomic E-state index is 0.00497. The van der Waals surface area contributed by atoms with Gasteiger partial charge in [-0.3, -0.25) is 0 Å². The first-order valence-electron chi connectivity index (χ1n) is 7.17. The van der Waals surface area contributed by atoms with Crippen LogP contribution in [0.3, 0.4) is 0 Å². The summed E-state index contributed by atoms with van der Waals surface area (Å²) in [7, 11) is -3.98. The van der Waals surface area contributed by atoms with E-state index in [1.54, 1.807) is 0 Å². The van der Waals surface area contributed by atoms with Crippen molar-refractivity contribution in [2.45, 2.75) is 17.2 Å². The van der Waals surface area contributed by atoms with Crippen molar-refractivity contribution in [3.63, 3.8) is 0 Å². The third-order valence-electron chi connectivity index (χ3n) is 3.34. The van der Waals surface area contributed by atoms with Crippen molar-refractivity contribution in [3.05, 3.63) is 53.6 Å². The maximum Gasteiger partial charge on any atom is 0.418 e. The molecule has 0 fully saturated rings. The van der Waals surface area contributed by atoms with E-state index < -0.39 is 45.2 Å². The first-order chi connectivity index (χ1) is 12.7. The van der Waals surface area contributed by atoms with Crippen LogP contribution in [-0.4, -0.2) is 14.4 Å². The fraction of sp³-hybridized carbons (Fsp3) is 0.133. The second-order valence-corrected chi connectivity index (χ2v) is 6.97. The average Bonchev–Trinajstić information content (AvgIpc) is 2.52. The summed E-state index contributed by atoms with van der Waals surface area (Å²) in [6, 6.07) is 3.91. The van der Waals surface area contributed by atoms with Gasteiger partial charge in [-0.2, -0.15) is 26.3 Å². The smallest absolute Gasteiger partial charge is 0.308 e. The van der Waals surface area contributed by atoms with E-state index in [0.29, 0.717) is 12.1 Å². The number of benzene rings is 2. The van der Waals surface area contributed by atoms with Crippen LogP contribution in [0.1, 0.15) is 11.1 Å². The van der Waals surface area contributed by atoms with Crippen molar-refractivity contribution in [1.29, 1.82) is 0 Å². The lowest BCUT2D eigenvalue weighted by molar-refractivity contribution is -0.142. The van der Waals surface area contributed by atoms with Gasteiger partial charge in [0.15, 0.2) is 0 Å². The Balaban J connectivity index is 2.24. The molecule has 0 saturated heterocycles. The summed E-state index contributed by atoms with van der Waals surface area (Å²) in [5, 5.41) is 8.82. The second kappa shape index (κ2) is 7.31. The zero-order valence-electron chi connectivity index (χ0n) is 13.5. The van der Waals surface area contributed by atoms with E-state index in [1.807, 2.05) is 5.32 Å². The number of rotatable bonds is 3. The van der Waals surface area contributed by atoms with Crippen molar-refractivity contribution in [1.82, 2.24) is 0 Å². The number of amides is 2. The molecule has 152 valence electrons. The van der Waals surface area contributed by atoms with Crippen molar-refractivity contribution < 1.29 is 39.6 Å². The molecule has 0 aliphatic heterocycles. The number of carbonyl (C=O) groups is 1. The molecule has 6 nitrogen and oxygen atoms in total. The number of halogens is 6. The van der Waals surface area contributed by atoms with E-state index in [9.17, 15) is 39.6 Å². The standard InChI is InChI=1S/C15H11F6N3O3S/c16-14(17,18)8-1-6-12(11(7-8)15(19,20)21)24-13(25)23-9-2-4-10(5-3-9)28(22,26)27/h1-7H,(H2,22,26,27)(H2,23,24,25). The van der Waals surface area contributed by atoms with Gasteiger partial charge < -0.3 is 10.6 Å². The van der Waals surface area contributed by atoms with Gasteiger partial charge in [0.1, 0.15) is 0 Å². The SMILES string of the molecule is NS(=O)(=O)c1ccc(NC(=O)Nc2ccc(C(F)(F)F)cc2C(F)(F)F)cc1. The summed E-state index contributed by atoms with van der Waals surface area (Å²) in [6.45, 7) is 0. The first-order valence-corrected chi connectivity index (χ1v) is 8.72. The fourth-order valence-electron chi connectivity index (χ4n) is 2.08. The lowest BCUT2D eigenvalue weighted by atomic mass is 10.1. The van der Waals surface area contributed by atoms with E-state index in [1.165, 1.54) is 0 Å². The van der Waals surface area contributed by atoms with Gasteiger partial charge in [0, 0.05) is 5.69 Å². The molecule has 0 saturated carbocycles. The zero-order chi connectivity index (χ0) is 21.3. The second-order valence-electron chi connectivity index (χ2n) is 5.40. The van der Waals surface area contributed by atoms with E-state index in [-0.39, 0.29) is 16.6 Å². The quantitative estimate of drug-likeness (QED) is 0.645. The van der Waals surface area contributed by atoms with E-state index >= 15 is 0 Å². The predicted octanol–water partition coefficient (Wildman–Crippen LogP) is 4.02. The van der Waals surface area contributed by atoms with Crippen LogP contribution in [-0.2, 0) is 22.4 Å². The third kappa shape index (κ3) is 5.36. The summed E-state index contributed by atoms with van der Waals surface area (Å²) in [4.78, 5) is 11.6. The number of urea groups is 1. The molecule has 0 unspecified atom stereocenters. The van der Waals surface area contributed by atoms with Crippen molar-refractivity contribution in [3.8, 4) is 0 Å². The van der Waals surface area contributed by atoms with Crippen LogP contribution in [0.4, 0.5) is 42.5 Å². The monoisotopic (exact) mass is 427 g/mol. The fourth-order valence-corrected chi connectivity index (χ4v) is 2.59. The highest BCUT2D eigenvalue weighted by Gasteiger charge is 2.38. The van der Waals surface area contributed by atoms with E-state index in [0.717, 1.165) is 24.3 Å². The molecule has 0 aromatic heterocycles. The van der Waals surface area contributed by atoms with Gasteiger partial charge in [0.2, 0.25) is 10.0 Å². The Labute approximate surface area is 154 Å². The Kier molecular flexibility index (Phi) is 5.62. The summed E-state index contributed by atoms with van der Waals surface area (Å²) in [5.74, 6) is 0. The van der Waals surface area contributed by atoms with Crippen LogP contribution in [0, 0.1) is 0 Å². The van der Waals surface area contributed by atoms with Gasteiger partial charge in [-0.25, -0.2) is 18.4 Å².